The highest BCUT2D eigenvalue weighted by Gasteiger charge is 2.16. The molecule has 4 rings (SSSR count). The molecule has 0 aliphatic rings. The molecular formula is C17H10O3S2. The molecule has 0 radical (unpaired) electrons. The van der Waals surface area contributed by atoms with E-state index in [4.69, 9.17) is 8.83 Å². The quantitative estimate of drug-likeness (QED) is 0.461. The standard InChI is InChI=1S/C17H10O3S2/c18-17(15-7-5-13(21-15)11-3-1-9-19-11)16-8-6-14(22-16)12-4-2-10-20-12/h1-10H. The van der Waals surface area contributed by atoms with Crippen LogP contribution in [0.3, 0.4) is 0 Å². The lowest BCUT2D eigenvalue weighted by Crippen LogP contribution is -1.93. The van der Waals surface area contributed by atoms with Crippen LogP contribution < -0.4 is 0 Å². The van der Waals surface area contributed by atoms with Gasteiger partial charge in [0.05, 0.1) is 32.0 Å². The fraction of sp³-hybridized carbons (Fsp3) is 0. The summed E-state index contributed by atoms with van der Waals surface area (Å²) < 4.78 is 10.7. The van der Waals surface area contributed by atoms with Crippen molar-refractivity contribution < 1.29 is 13.6 Å². The van der Waals surface area contributed by atoms with Crippen LogP contribution in [0.5, 0.6) is 0 Å². The van der Waals surface area contributed by atoms with Crippen molar-refractivity contribution in [1.82, 2.24) is 0 Å². The third-order valence-corrected chi connectivity index (χ3v) is 5.38. The van der Waals surface area contributed by atoms with Gasteiger partial charge in [-0.15, -0.1) is 22.7 Å². The summed E-state index contributed by atoms with van der Waals surface area (Å²) in [4.78, 5) is 15.9. The molecule has 0 aliphatic carbocycles. The van der Waals surface area contributed by atoms with Crippen LogP contribution in [-0.4, -0.2) is 5.78 Å². The molecule has 0 fully saturated rings. The Morgan fingerprint density at radius 1 is 0.727 bits per heavy atom. The second-order valence-corrected chi connectivity index (χ2v) is 6.78. The van der Waals surface area contributed by atoms with Gasteiger partial charge < -0.3 is 8.83 Å². The van der Waals surface area contributed by atoms with Gasteiger partial charge in [-0.05, 0) is 48.5 Å². The molecule has 0 spiro atoms. The summed E-state index contributed by atoms with van der Waals surface area (Å²) in [5.74, 6) is 1.60. The van der Waals surface area contributed by atoms with Crippen LogP contribution in [-0.2, 0) is 0 Å². The van der Waals surface area contributed by atoms with Crippen molar-refractivity contribution in [2.75, 3.05) is 0 Å². The topological polar surface area (TPSA) is 43.4 Å². The van der Waals surface area contributed by atoms with Crippen LogP contribution in [0.1, 0.15) is 14.5 Å². The fourth-order valence-corrected chi connectivity index (χ4v) is 4.07. The molecular weight excluding hydrogens is 316 g/mol. The van der Waals surface area contributed by atoms with E-state index in [9.17, 15) is 4.79 Å². The first-order chi connectivity index (χ1) is 10.8. The Hall–Kier alpha value is -2.37. The number of carbonyl (C=O) groups excluding carboxylic acids is 1. The molecule has 0 amide bonds. The van der Waals surface area contributed by atoms with E-state index < -0.39 is 0 Å². The molecule has 4 aromatic rings. The molecule has 4 heterocycles. The Labute approximate surface area is 134 Å². The van der Waals surface area contributed by atoms with Gasteiger partial charge in [0.1, 0.15) is 11.5 Å². The predicted molar refractivity (Wildman–Crippen MR) is 87.5 cm³/mol. The second-order valence-electron chi connectivity index (χ2n) is 4.61. The van der Waals surface area contributed by atoms with E-state index in [1.54, 1.807) is 12.5 Å². The molecule has 4 aromatic heterocycles. The van der Waals surface area contributed by atoms with E-state index in [2.05, 4.69) is 0 Å². The number of carbonyl (C=O) groups is 1. The maximum absolute atomic E-state index is 12.6. The third-order valence-electron chi connectivity index (χ3n) is 3.19. The van der Waals surface area contributed by atoms with E-state index in [0.717, 1.165) is 21.3 Å². The highest BCUT2D eigenvalue weighted by atomic mass is 32.1. The maximum atomic E-state index is 12.6. The molecule has 0 atom stereocenters. The Kier molecular flexibility index (Phi) is 3.29. The van der Waals surface area contributed by atoms with Crippen molar-refractivity contribution >= 4 is 28.5 Å². The largest absolute Gasteiger partial charge is 0.464 e. The van der Waals surface area contributed by atoms with Crippen molar-refractivity contribution in [1.29, 1.82) is 0 Å². The lowest BCUT2D eigenvalue weighted by atomic mass is 10.2. The molecule has 0 bridgehead atoms. The van der Waals surface area contributed by atoms with Gasteiger partial charge in [0.15, 0.2) is 0 Å². The highest BCUT2D eigenvalue weighted by molar-refractivity contribution is 7.20. The minimum atomic E-state index is 0.0330. The molecule has 0 aliphatic heterocycles. The van der Waals surface area contributed by atoms with Crippen LogP contribution in [0.2, 0.25) is 0 Å². The van der Waals surface area contributed by atoms with Gasteiger partial charge in [0, 0.05) is 0 Å². The maximum Gasteiger partial charge on any atom is 0.212 e. The van der Waals surface area contributed by atoms with Crippen LogP contribution in [0.15, 0.2) is 69.9 Å². The molecule has 0 aromatic carbocycles. The van der Waals surface area contributed by atoms with Crippen molar-refractivity contribution in [3.8, 4) is 21.3 Å². The summed E-state index contributed by atoms with van der Waals surface area (Å²) >= 11 is 2.88. The Morgan fingerprint density at radius 3 is 1.64 bits per heavy atom. The van der Waals surface area contributed by atoms with Gasteiger partial charge >= 0.3 is 0 Å². The molecule has 0 saturated heterocycles. The lowest BCUT2D eigenvalue weighted by Gasteiger charge is -1.93. The highest BCUT2D eigenvalue weighted by Crippen LogP contribution is 2.33. The van der Waals surface area contributed by atoms with E-state index in [1.165, 1.54) is 22.7 Å². The van der Waals surface area contributed by atoms with E-state index in [1.807, 2.05) is 48.5 Å². The van der Waals surface area contributed by atoms with Gasteiger partial charge in [0.2, 0.25) is 5.78 Å². The van der Waals surface area contributed by atoms with Crippen LogP contribution in [0.4, 0.5) is 0 Å². The number of rotatable bonds is 4. The van der Waals surface area contributed by atoms with Gasteiger partial charge in [-0.3, -0.25) is 4.79 Å². The van der Waals surface area contributed by atoms with Gasteiger partial charge in [-0.1, -0.05) is 0 Å². The Bertz CT molecular complexity index is 821. The second kappa shape index (κ2) is 5.44. The SMILES string of the molecule is O=C(c1ccc(-c2ccco2)s1)c1ccc(-c2ccco2)s1. The van der Waals surface area contributed by atoms with Crippen LogP contribution in [0, 0.1) is 0 Å². The molecule has 5 heteroatoms. The third kappa shape index (κ3) is 2.34. The monoisotopic (exact) mass is 326 g/mol. The number of thiophene rings is 2. The molecule has 0 saturated carbocycles. The zero-order chi connectivity index (χ0) is 14.9. The smallest absolute Gasteiger partial charge is 0.212 e. The minimum absolute atomic E-state index is 0.0330. The van der Waals surface area contributed by atoms with Crippen molar-refractivity contribution in [2.45, 2.75) is 0 Å². The summed E-state index contributed by atoms with van der Waals surface area (Å²) in [6.45, 7) is 0. The first-order valence-corrected chi connectivity index (χ1v) is 8.27. The average Bonchev–Trinajstić information content (AvgIpc) is 3.35. The van der Waals surface area contributed by atoms with Crippen LogP contribution in [0.25, 0.3) is 21.3 Å². The van der Waals surface area contributed by atoms with Gasteiger partial charge in [-0.25, -0.2) is 0 Å². The normalized spacial score (nSPS) is 10.9. The van der Waals surface area contributed by atoms with E-state index in [0.29, 0.717) is 9.75 Å². The van der Waals surface area contributed by atoms with Crippen LogP contribution >= 0.6 is 22.7 Å². The Balaban J connectivity index is 1.62. The summed E-state index contributed by atoms with van der Waals surface area (Å²) in [5.41, 5.74) is 0. The molecule has 3 nitrogen and oxygen atoms in total. The summed E-state index contributed by atoms with van der Waals surface area (Å²) in [6, 6.07) is 15.0. The number of ketones is 1. The summed E-state index contributed by atoms with van der Waals surface area (Å²) in [7, 11) is 0. The van der Waals surface area contributed by atoms with Gasteiger partial charge in [0.25, 0.3) is 0 Å². The fourth-order valence-electron chi connectivity index (χ4n) is 2.14. The molecule has 108 valence electrons. The number of hydrogen-bond acceptors (Lipinski definition) is 5. The van der Waals surface area contributed by atoms with Crippen molar-refractivity contribution in [2.24, 2.45) is 0 Å². The van der Waals surface area contributed by atoms with Gasteiger partial charge in [-0.2, -0.15) is 0 Å². The van der Waals surface area contributed by atoms with Crippen molar-refractivity contribution in [3.63, 3.8) is 0 Å². The molecule has 22 heavy (non-hydrogen) atoms. The first-order valence-electron chi connectivity index (χ1n) is 6.63. The zero-order valence-electron chi connectivity index (χ0n) is 11.3. The minimum Gasteiger partial charge on any atom is -0.464 e. The Morgan fingerprint density at radius 2 is 1.23 bits per heavy atom. The average molecular weight is 326 g/mol. The predicted octanol–water partition coefficient (Wildman–Crippen LogP) is 5.56. The van der Waals surface area contributed by atoms with Crippen molar-refractivity contribution in [3.05, 3.63) is 70.8 Å². The molecule has 0 unspecified atom stereocenters. The molecule has 0 N–H and O–H groups in total. The summed E-state index contributed by atoms with van der Waals surface area (Å²) in [6.07, 6.45) is 3.26. The first kappa shape index (κ1) is 13.3. The van der Waals surface area contributed by atoms with E-state index >= 15 is 0 Å². The summed E-state index contributed by atoms with van der Waals surface area (Å²) in [5, 5.41) is 0. The lowest BCUT2D eigenvalue weighted by molar-refractivity contribution is 0.104. The van der Waals surface area contributed by atoms with E-state index in [-0.39, 0.29) is 5.78 Å². The number of furan rings is 2. The number of hydrogen-bond donors (Lipinski definition) is 0. The zero-order valence-corrected chi connectivity index (χ0v) is 12.9.